The van der Waals surface area contributed by atoms with Gasteiger partial charge in [-0.1, -0.05) is 29.5 Å². The van der Waals surface area contributed by atoms with Crippen LogP contribution in [-0.4, -0.2) is 32.7 Å². The fourth-order valence-electron chi connectivity index (χ4n) is 3.75. The minimum Gasteiger partial charge on any atom is -0.508 e. The molecule has 1 aromatic heterocycles. The Labute approximate surface area is 173 Å². The number of hydrogen-bond acceptors (Lipinski definition) is 3. The molecule has 1 aliphatic carbocycles. The molecular formula is C23H21ClN2O3. The Bertz CT molecular complexity index is 1130. The smallest absolute Gasteiger partial charge is 0.267 e. The number of phenols is 1. The van der Waals surface area contributed by atoms with Gasteiger partial charge in [0.2, 0.25) is 0 Å². The zero-order valence-electron chi connectivity index (χ0n) is 15.7. The minimum absolute atomic E-state index is 0.152. The zero-order valence-corrected chi connectivity index (χ0v) is 16.5. The molecular weight excluding hydrogens is 388 g/mol. The van der Waals surface area contributed by atoms with E-state index in [2.05, 4.69) is 22.1 Å². The molecule has 0 aliphatic heterocycles. The van der Waals surface area contributed by atoms with Crippen molar-refractivity contribution in [3.05, 3.63) is 64.8 Å². The average Bonchev–Trinajstić information content (AvgIpc) is 3.10. The van der Waals surface area contributed by atoms with Gasteiger partial charge in [0.15, 0.2) is 0 Å². The van der Waals surface area contributed by atoms with Gasteiger partial charge in [-0.2, -0.15) is 0 Å². The monoisotopic (exact) mass is 408 g/mol. The molecule has 4 N–H and O–H groups in total. The summed E-state index contributed by atoms with van der Waals surface area (Å²) in [5.41, 5.74) is 0.800. The van der Waals surface area contributed by atoms with Crippen LogP contribution in [0, 0.1) is 11.8 Å². The predicted octanol–water partition coefficient (Wildman–Crippen LogP) is 3.98. The first-order chi connectivity index (χ1) is 13.9. The number of carbonyl (C=O) groups is 1. The first-order valence-corrected chi connectivity index (χ1v) is 9.92. The van der Waals surface area contributed by atoms with Crippen molar-refractivity contribution >= 4 is 28.4 Å². The Morgan fingerprint density at radius 3 is 2.93 bits per heavy atom. The first kappa shape index (κ1) is 19.4. The summed E-state index contributed by atoms with van der Waals surface area (Å²) in [6.45, 7) is 0. The Balaban J connectivity index is 1.45. The van der Waals surface area contributed by atoms with Gasteiger partial charge in [-0.05, 0) is 61.7 Å². The molecule has 1 fully saturated rings. The molecule has 4 rings (SSSR count). The van der Waals surface area contributed by atoms with E-state index in [-0.39, 0.29) is 17.7 Å². The lowest BCUT2D eigenvalue weighted by Gasteiger charge is -2.33. The Morgan fingerprint density at radius 1 is 1.24 bits per heavy atom. The first-order valence-electron chi connectivity index (χ1n) is 9.54. The maximum atomic E-state index is 12.7. The van der Waals surface area contributed by atoms with Gasteiger partial charge in [0.05, 0.1) is 0 Å². The van der Waals surface area contributed by atoms with E-state index in [1.165, 1.54) is 0 Å². The summed E-state index contributed by atoms with van der Waals surface area (Å²) in [5, 5.41) is 24.8. The number of aromatic hydroxyl groups is 1. The van der Waals surface area contributed by atoms with Crippen LogP contribution in [0.25, 0.3) is 10.9 Å². The number of aromatic nitrogens is 1. The molecule has 2 atom stereocenters. The summed E-state index contributed by atoms with van der Waals surface area (Å²) in [6.07, 6.45) is 2.49. The maximum absolute atomic E-state index is 12.7. The number of H-pyrrole nitrogens is 1. The highest BCUT2D eigenvalue weighted by molar-refractivity contribution is 6.30. The van der Waals surface area contributed by atoms with Crippen LogP contribution in [0.2, 0.25) is 5.02 Å². The van der Waals surface area contributed by atoms with Crippen LogP contribution in [0.3, 0.4) is 0 Å². The Morgan fingerprint density at radius 2 is 2.10 bits per heavy atom. The van der Waals surface area contributed by atoms with Gasteiger partial charge in [0.1, 0.15) is 17.0 Å². The normalized spacial score (nSPS) is 21.4. The third-order valence-electron chi connectivity index (χ3n) is 5.18. The van der Waals surface area contributed by atoms with E-state index in [4.69, 9.17) is 11.6 Å². The van der Waals surface area contributed by atoms with E-state index >= 15 is 0 Å². The van der Waals surface area contributed by atoms with Gasteiger partial charge in [-0.15, -0.1) is 0 Å². The third-order valence-corrected chi connectivity index (χ3v) is 5.41. The minimum atomic E-state index is -1.15. The summed E-state index contributed by atoms with van der Waals surface area (Å²) >= 11 is 5.98. The molecule has 148 valence electrons. The predicted molar refractivity (Wildman–Crippen MR) is 113 cm³/mol. The van der Waals surface area contributed by atoms with Gasteiger partial charge in [0.25, 0.3) is 5.91 Å². The maximum Gasteiger partial charge on any atom is 0.267 e. The highest BCUT2D eigenvalue weighted by Gasteiger charge is 2.33. The standard InChI is InChI=1S/C23H21ClN2O3/c24-17-4-1-3-15(11-17)8-10-23(29)9-2-5-18(14-23)25-22(28)21-13-16-12-19(27)6-7-20(16)26-21/h1,3-4,6-7,11-13,18,26-27,29H,2,5,9,14H2,(H,25,28)/t18-,23?/m0/s1. The largest absolute Gasteiger partial charge is 0.508 e. The molecule has 6 heteroatoms. The number of rotatable bonds is 2. The van der Waals surface area contributed by atoms with Crippen molar-refractivity contribution in [2.24, 2.45) is 0 Å². The number of benzene rings is 2. The molecule has 2 aromatic carbocycles. The fourth-order valence-corrected chi connectivity index (χ4v) is 3.94. The number of nitrogens with one attached hydrogen (secondary N) is 2. The number of aromatic amines is 1. The van der Waals surface area contributed by atoms with Crippen LogP contribution in [0.15, 0.2) is 48.5 Å². The molecule has 5 nitrogen and oxygen atoms in total. The average molecular weight is 409 g/mol. The number of carbonyl (C=O) groups excluding carboxylic acids is 1. The van der Waals surface area contributed by atoms with Crippen LogP contribution in [0.1, 0.15) is 41.7 Å². The van der Waals surface area contributed by atoms with Crippen LogP contribution >= 0.6 is 11.6 Å². The van der Waals surface area contributed by atoms with Crippen LogP contribution in [-0.2, 0) is 0 Å². The number of amides is 1. The molecule has 3 aromatic rings. The number of phenolic OH excluding ortho intramolecular Hbond substituents is 1. The second kappa shape index (κ2) is 7.82. The molecule has 0 spiro atoms. The van der Waals surface area contributed by atoms with E-state index in [9.17, 15) is 15.0 Å². The summed E-state index contributed by atoms with van der Waals surface area (Å²) in [6, 6.07) is 13.6. The number of hydrogen-bond donors (Lipinski definition) is 4. The fraction of sp³-hybridized carbons (Fsp3) is 0.261. The summed E-state index contributed by atoms with van der Waals surface area (Å²) in [4.78, 5) is 15.7. The molecule has 1 saturated carbocycles. The van der Waals surface area contributed by atoms with Crippen molar-refractivity contribution in [3.63, 3.8) is 0 Å². The van der Waals surface area contributed by atoms with Crippen molar-refractivity contribution in [1.82, 2.24) is 10.3 Å². The zero-order chi connectivity index (χ0) is 20.4. The van der Waals surface area contributed by atoms with E-state index in [0.29, 0.717) is 23.6 Å². The quantitative estimate of drug-likeness (QED) is 0.484. The number of fused-ring (bicyclic) bond motifs is 1. The van der Waals surface area contributed by atoms with Gasteiger partial charge in [-0.3, -0.25) is 4.79 Å². The molecule has 0 saturated heterocycles. The van der Waals surface area contributed by atoms with E-state index in [1.807, 2.05) is 12.1 Å². The summed E-state index contributed by atoms with van der Waals surface area (Å²) < 4.78 is 0. The Kier molecular flexibility index (Phi) is 5.23. The van der Waals surface area contributed by atoms with Crippen LogP contribution in [0.5, 0.6) is 5.75 Å². The third kappa shape index (κ3) is 4.56. The second-order valence-electron chi connectivity index (χ2n) is 7.51. The lowest BCUT2D eigenvalue weighted by Crippen LogP contribution is -2.45. The highest BCUT2D eigenvalue weighted by Crippen LogP contribution is 2.28. The molecule has 0 radical (unpaired) electrons. The van der Waals surface area contributed by atoms with Gasteiger partial charge >= 0.3 is 0 Å². The van der Waals surface area contributed by atoms with Crippen molar-refractivity contribution in [3.8, 4) is 17.6 Å². The Hall–Kier alpha value is -2.94. The summed E-state index contributed by atoms with van der Waals surface area (Å²) in [5.74, 6) is 5.88. The topological polar surface area (TPSA) is 85.3 Å². The molecule has 0 bridgehead atoms. The summed E-state index contributed by atoms with van der Waals surface area (Å²) in [7, 11) is 0. The molecule has 1 heterocycles. The van der Waals surface area contributed by atoms with Crippen LogP contribution < -0.4 is 5.32 Å². The molecule has 1 amide bonds. The lowest BCUT2D eigenvalue weighted by molar-refractivity contribution is 0.0451. The van der Waals surface area contributed by atoms with Crippen molar-refractivity contribution < 1.29 is 15.0 Å². The SMILES string of the molecule is O=C(N[C@H]1CCCC(O)(C#Cc2cccc(Cl)c2)C1)c1cc2cc(O)ccc2[nH]1. The van der Waals surface area contributed by atoms with Gasteiger partial charge in [0, 0.05) is 34.0 Å². The molecule has 1 unspecified atom stereocenters. The highest BCUT2D eigenvalue weighted by atomic mass is 35.5. The molecule has 29 heavy (non-hydrogen) atoms. The van der Waals surface area contributed by atoms with Gasteiger partial charge in [-0.25, -0.2) is 0 Å². The number of halogens is 1. The van der Waals surface area contributed by atoms with E-state index < -0.39 is 5.60 Å². The molecule has 1 aliphatic rings. The number of aliphatic hydroxyl groups is 1. The second-order valence-corrected chi connectivity index (χ2v) is 7.95. The van der Waals surface area contributed by atoms with Crippen LogP contribution in [0.4, 0.5) is 0 Å². The van der Waals surface area contributed by atoms with Crippen molar-refractivity contribution in [2.45, 2.75) is 37.3 Å². The lowest BCUT2D eigenvalue weighted by atomic mass is 9.82. The van der Waals surface area contributed by atoms with Gasteiger partial charge < -0.3 is 20.5 Å². The van der Waals surface area contributed by atoms with E-state index in [1.54, 1.807) is 36.4 Å². The van der Waals surface area contributed by atoms with Crippen molar-refractivity contribution in [2.75, 3.05) is 0 Å². The van der Waals surface area contributed by atoms with Crippen molar-refractivity contribution in [1.29, 1.82) is 0 Å². The van der Waals surface area contributed by atoms with E-state index in [0.717, 1.165) is 29.3 Å².